The first-order valence-electron chi connectivity index (χ1n) is 11.8. The largest absolute Gasteiger partial charge is 0.356 e. The van der Waals surface area contributed by atoms with Gasteiger partial charge < -0.3 is 14.7 Å². The summed E-state index contributed by atoms with van der Waals surface area (Å²) in [7, 11) is 0. The molecule has 2 aliphatic rings. The van der Waals surface area contributed by atoms with Gasteiger partial charge in [-0.3, -0.25) is 4.79 Å². The maximum atomic E-state index is 12.8. The summed E-state index contributed by atoms with van der Waals surface area (Å²) in [6, 6.07) is 10.4. The SMILES string of the molecule is CCN1CCN(C(=O)CC2CCN(c3nc(-c4ccsc4)nc4ccccc34)CC2)CC1. The van der Waals surface area contributed by atoms with E-state index >= 15 is 0 Å². The number of hydrogen-bond donors (Lipinski definition) is 0. The molecule has 4 heterocycles. The molecular formula is C25H31N5OS. The number of piperazine rings is 1. The summed E-state index contributed by atoms with van der Waals surface area (Å²) >= 11 is 1.67. The number of anilines is 1. The number of fused-ring (bicyclic) bond motifs is 1. The van der Waals surface area contributed by atoms with Gasteiger partial charge in [0.25, 0.3) is 0 Å². The highest BCUT2D eigenvalue weighted by atomic mass is 32.1. The van der Waals surface area contributed by atoms with Gasteiger partial charge in [-0.15, -0.1) is 0 Å². The van der Waals surface area contributed by atoms with Crippen LogP contribution < -0.4 is 4.90 Å². The zero-order valence-electron chi connectivity index (χ0n) is 18.7. The smallest absolute Gasteiger partial charge is 0.222 e. The number of hydrogen-bond acceptors (Lipinski definition) is 6. The molecule has 2 saturated heterocycles. The zero-order chi connectivity index (χ0) is 21.9. The number of benzene rings is 1. The van der Waals surface area contributed by atoms with Crippen LogP contribution >= 0.6 is 11.3 Å². The van der Waals surface area contributed by atoms with Crippen LogP contribution in [0.5, 0.6) is 0 Å². The van der Waals surface area contributed by atoms with Crippen LogP contribution in [-0.4, -0.2) is 71.5 Å². The first-order valence-corrected chi connectivity index (χ1v) is 12.7. The second kappa shape index (κ2) is 9.55. The van der Waals surface area contributed by atoms with Crippen molar-refractivity contribution in [3.63, 3.8) is 0 Å². The van der Waals surface area contributed by atoms with Gasteiger partial charge in [0.1, 0.15) is 5.82 Å². The van der Waals surface area contributed by atoms with Crippen LogP contribution in [0.1, 0.15) is 26.2 Å². The van der Waals surface area contributed by atoms with Crippen molar-refractivity contribution in [1.29, 1.82) is 0 Å². The standard InChI is InChI=1S/C25H31N5OS/c1-2-28-12-14-29(15-13-28)23(31)17-19-7-10-30(11-8-19)25-21-5-3-4-6-22(21)26-24(27-25)20-9-16-32-18-20/h3-6,9,16,18-19H,2,7-8,10-15,17H2,1H3. The third-order valence-electron chi connectivity index (χ3n) is 6.91. The lowest BCUT2D eigenvalue weighted by Gasteiger charge is -2.36. The molecule has 2 aromatic heterocycles. The Kier molecular flexibility index (Phi) is 6.37. The minimum absolute atomic E-state index is 0.339. The predicted molar refractivity (Wildman–Crippen MR) is 131 cm³/mol. The zero-order valence-corrected chi connectivity index (χ0v) is 19.6. The summed E-state index contributed by atoms with van der Waals surface area (Å²) in [5, 5.41) is 5.28. The maximum Gasteiger partial charge on any atom is 0.222 e. The first kappa shape index (κ1) is 21.3. The number of carbonyl (C=O) groups excluding carboxylic acids is 1. The van der Waals surface area contributed by atoms with Gasteiger partial charge in [0.2, 0.25) is 5.91 Å². The lowest BCUT2D eigenvalue weighted by Crippen LogP contribution is -2.49. The minimum Gasteiger partial charge on any atom is -0.356 e. The van der Waals surface area contributed by atoms with Gasteiger partial charge in [0.15, 0.2) is 5.82 Å². The summed E-state index contributed by atoms with van der Waals surface area (Å²) in [5.74, 6) is 2.62. The number of nitrogens with zero attached hydrogens (tertiary/aromatic N) is 5. The fraction of sp³-hybridized carbons (Fsp3) is 0.480. The van der Waals surface area contributed by atoms with Crippen molar-refractivity contribution < 1.29 is 4.79 Å². The molecule has 5 rings (SSSR count). The van der Waals surface area contributed by atoms with Gasteiger partial charge in [-0.25, -0.2) is 9.97 Å². The molecule has 7 heteroatoms. The number of carbonyl (C=O) groups is 1. The van der Waals surface area contributed by atoms with Crippen molar-refractivity contribution >= 4 is 34.0 Å². The third kappa shape index (κ3) is 4.50. The Morgan fingerprint density at radius 2 is 1.81 bits per heavy atom. The van der Waals surface area contributed by atoms with Crippen molar-refractivity contribution in [3.05, 3.63) is 41.1 Å². The maximum absolute atomic E-state index is 12.8. The summed E-state index contributed by atoms with van der Waals surface area (Å²) in [6.45, 7) is 8.91. The fourth-order valence-corrected chi connectivity index (χ4v) is 5.49. The molecule has 0 atom stereocenters. The first-order chi connectivity index (χ1) is 15.7. The summed E-state index contributed by atoms with van der Waals surface area (Å²) in [6.07, 6.45) is 2.75. The van der Waals surface area contributed by atoms with Crippen LogP contribution in [0, 0.1) is 5.92 Å². The Labute approximate surface area is 193 Å². The highest BCUT2D eigenvalue weighted by molar-refractivity contribution is 7.08. The van der Waals surface area contributed by atoms with E-state index in [1.165, 1.54) is 0 Å². The molecule has 0 N–H and O–H groups in total. The lowest BCUT2D eigenvalue weighted by molar-refractivity contribution is -0.134. The van der Waals surface area contributed by atoms with Crippen molar-refractivity contribution in [3.8, 4) is 11.4 Å². The van der Waals surface area contributed by atoms with Gasteiger partial charge in [-0.2, -0.15) is 11.3 Å². The molecule has 0 spiro atoms. The molecule has 2 aliphatic heterocycles. The van der Waals surface area contributed by atoms with Gasteiger partial charge in [0, 0.05) is 62.0 Å². The molecule has 2 fully saturated rings. The van der Waals surface area contributed by atoms with Gasteiger partial charge >= 0.3 is 0 Å². The van der Waals surface area contributed by atoms with E-state index in [-0.39, 0.29) is 0 Å². The molecule has 1 aromatic carbocycles. The van der Waals surface area contributed by atoms with E-state index in [0.29, 0.717) is 18.2 Å². The summed E-state index contributed by atoms with van der Waals surface area (Å²) in [5.41, 5.74) is 2.06. The average Bonchev–Trinajstić information content (AvgIpc) is 3.39. The predicted octanol–water partition coefficient (Wildman–Crippen LogP) is 4.13. The van der Waals surface area contributed by atoms with E-state index in [2.05, 4.69) is 56.6 Å². The Morgan fingerprint density at radius 3 is 2.53 bits per heavy atom. The highest BCUT2D eigenvalue weighted by Gasteiger charge is 2.27. The highest BCUT2D eigenvalue weighted by Crippen LogP contribution is 2.32. The van der Waals surface area contributed by atoms with E-state index in [1.807, 2.05) is 6.07 Å². The van der Waals surface area contributed by atoms with E-state index in [9.17, 15) is 4.79 Å². The summed E-state index contributed by atoms with van der Waals surface area (Å²) < 4.78 is 0. The molecule has 6 nitrogen and oxygen atoms in total. The van der Waals surface area contributed by atoms with E-state index in [1.54, 1.807) is 11.3 Å². The number of aromatic nitrogens is 2. The molecule has 0 saturated carbocycles. The van der Waals surface area contributed by atoms with E-state index in [4.69, 9.17) is 9.97 Å². The quantitative estimate of drug-likeness (QED) is 0.586. The molecule has 1 amide bonds. The monoisotopic (exact) mass is 449 g/mol. The molecule has 0 radical (unpaired) electrons. The fourth-order valence-electron chi connectivity index (χ4n) is 4.86. The second-order valence-corrected chi connectivity index (χ2v) is 9.63. The Hall–Kier alpha value is -2.51. The van der Waals surface area contributed by atoms with Crippen LogP contribution in [0.25, 0.3) is 22.3 Å². The number of piperidine rings is 1. The van der Waals surface area contributed by atoms with Crippen LogP contribution in [0.2, 0.25) is 0 Å². The van der Waals surface area contributed by atoms with E-state index < -0.39 is 0 Å². The molecule has 168 valence electrons. The van der Waals surface area contributed by atoms with Gasteiger partial charge in [-0.05, 0) is 48.9 Å². The van der Waals surface area contributed by atoms with Crippen molar-refractivity contribution in [2.45, 2.75) is 26.2 Å². The topological polar surface area (TPSA) is 52.6 Å². The molecule has 3 aromatic rings. The van der Waals surface area contributed by atoms with Crippen LogP contribution in [0.3, 0.4) is 0 Å². The Morgan fingerprint density at radius 1 is 1.03 bits per heavy atom. The molecule has 0 aliphatic carbocycles. The number of thiophene rings is 1. The van der Waals surface area contributed by atoms with Crippen molar-refractivity contribution in [2.75, 3.05) is 50.7 Å². The molecule has 0 unspecified atom stereocenters. The van der Waals surface area contributed by atoms with Gasteiger partial charge in [0.05, 0.1) is 5.52 Å². The Balaban J connectivity index is 1.26. The van der Waals surface area contributed by atoms with Crippen LogP contribution in [-0.2, 0) is 4.79 Å². The van der Waals surface area contributed by atoms with Crippen LogP contribution in [0.15, 0.2) is 41.1 Å². The third-order valence-corrected chi connectivity index (χ3v) is 7.60. The van der Waals surface area contributed by atoms with Gasteiger partial charge in [-0.1, -0.05) is 19.1 Å². The summed E-state index contributed by atoms with van der Waals surface area (Å²) in [4.78, 5) is 29.5. The number of rotatable bonds is 5. The number of likely N-dealkylation sites (N-methyl/N-ethyl adjacent to an activating group) is 1. The number of para-hydroxylation sites is 1. The second-order valence-electron chi connectivity index (χ2n) is 8.85. The van der Waals surface area contributed by atoms with Crippen molar-refractivity contribution in [1.82, 2.24) is 19.8 Å². The number of amides is 1. The normalized spacial score (nSPS) is 18.4. The Bertz CT molecular complexity index is 1050. The minimum atomic E-state index is 0.339. The average molecular weight is 450 g/mol. The molecule has 32 heavy (non-hydrogen) atoms. The van der Waals surface area contributed by atoms with Crippen LogP contribution in [0.4, 0.5) is 5.82 Å². The lowest BCUT2D eigenvalue weighted by atomic mass is 9.92. The van der Waals surface area contributed by atoms with Crippen molar-refractivity contribution in [2.24, 2.45) is 5.92 Å². The van der Waals surface area contributed by atoms with E-state index in [0.717, 1.165) is 86.8 Å². The molecule has 0 bridgehead atoms. The molecular weight excluding hydrogens is 418 g/mol.